The highest BCUT2D eigenvalue weighted by Gasteiger charge is 2.34. The lowest BCUT2D eigenvalue weighted by molar-refractivity contribution is -0.139. The first kappa shape index (κ1) is 13.9. The van der Waals surface area contributed by atoms with Crippen molar-refractivity contribution in [3.8, 4) is 5.75 Å². The largest absolute Gasteiger partial charge is 0.420 e. The van der Waals surface area contributed by atoms with Crippen LogP contribution < -0.4 is 10.3 Å². The molecule has 2 aromatic carbocycles. The summed E-state index contributed by atoms with van der Waals surface area (Å²) in [6, 6.07) is 12.7. The zero-order valence-electron chi connectivity index (χ0n) is 10.1. The van der Waals surface area contributed by atoms with Gasteiger partial charge in [-0.15, -0.1) is 0 Å². The van der Waals surface area contributed by atoms with Crippen LogP contribution in [0, 0.1) is 0 Å². The molecule has 0 atom stereocenters. The number of carbonyl (C=O) groups is 1. The van der Waals surface area contributed by atoms with Crippen LogP contribution in [0.4, 0.5) is 13.2 Å². The number of alkyl halides is 3. The molecule has 0 aliphatic carbocycles. The number of hydrogen-bond donors (Lipinski definition) is 1. The lowest BCUT2D eigenvalue weighted by atomic mass is 10.2. The number of halogens is 3. The smallest absolute Gasteiger partial charge is 0.379 e. The van der Waals surface area contributed by atoms with Gasteiger partial charge in [-0.25, -0.2) is 0 Å². The molecule has 0 radical (unpaired) electrons. The summed E-state index contributed by atoms with van der Waals surface area (Å²) in [5.41, 5.74) is 1.33. The van der Waals surface area contributed by atoms with Crippen LogP contribution in [-0.4, -0.2) is 5.91 Å². The Morgan fingerprint density at radius 1 is 0.950 bits per heavy atom. The number of benzene rings is 2. The number of para-hydroxylation sites is 1. The third kappa shape index (κ3) is 3.28. The molecule has 0 bridgehead atoms. The molecule has 0 spiro atoms. The normalized spacial score (nSPS) is 10.9. The Hall–Kier alpha value is -2.50. The molecule has 0 aromatic heterocycles. The number of nitrogens with one attached hydrogen (secondary N) is 1. The van der Waals surface area contributed by atoms with E-state index in [1.54, 1.807) is 18.2 Å². The van der Waals surface area contributed by atoms with Crippen LogP contribution in [0.3, 0.4) is 0 Å². The molecule has 2 aromatic rings. The van der Waals surface area contributed by atoms with Gasteiger partial charge in [-0.2, -0.15) is 18.7 Å². The van der Waals surface area contributed by atoms with E-state index in [1.807, 2.05) is 5.48 Å². The molecule has 1 amide bonds. The molecule has 20 heavy (non-hydrogen) atoms. The van der Waals surface area contributed by atoms with E-state index in [1.165, 1.54) is 24.3 Å². The van der Waals surface area contributed by atoms with Crippen LogP contribution in [0.25, 0.3) is 0 Å². The van der Waals surface area contributed by atoms with Crippen LogP contribution in [0.1, 0.15) is 15.9 Å². The average Bonchev–Trinajstić information content (AvgIpc) is 2.45. The molecule has 1 N–H and O–H groups in total. The maximum atomic E-state index is 12.7. The lowest BCUT2D eigenvalue weighted by Gasteiger charge is -2.13. The summed E-state index contributed by atoms with van der Waals surface area (Å²) >= 11 is 0. The number of rotatable bonds is 3. The van der Waals surface area contributed by atoms with Gasteiger partial charge in [0.25, 0.3) is 5.91 Å². The van der Waals surface area contributed by atoms with Gasteiger partial charge in [0, 0.05) is 5.56 Å². The van der Waals surface area contributed by atoms with Crippen molar-refractivity contribution in [3.63, 3.8) is 0 Å². The van der Waals surface area contributed by atoms with E-state index in [0.717, 1.165) is 12.1 Å². The van der Waals surface area contributed by atoms with Gasteiger partial charge in [0.1, 0.15) is 5.56 Å². The van der Waals surface area contributed by atoms with Crippen LogP contribution in [0.15, 0.2) is 54.6 Å². The topological polar surface area (TPSA) is 38.3 Å². The monoisotopic (exact) mass is 281 g/mol. The molecule has 0 saturated carbocycles. The highest BCUT2D eigenvalue weighted by Crippen LogP contribution is 2.35. The van der Waals surface area contributed by atoms with Crippen molar-refractivity contribution in [1.29, 1.82) is 0 Å². The third-order valence-electron chi connectivity index (χ3n) is 2.48. The second-order valence-electron chi connectivity index (χ2n) is 3.89. The predicted octanol–water partition coefficient (Wildman–Crippen LogP) is 3.43. The Bertz CT molecular complexity index is 597. The zero-order chi connectivity index (χ0) is 14.6. The predicted molar refractivity (Wildman–Crippen MR) is 66.0 cm³/mol. The molecule has 0 saturated heterocycles. The SMILES string of the molecule is O=C(NOc1ccccc1C(F)(F)F)c1ccccc1. The molecule has 3 nitrogen and oxygen atoms in total. The quantitative estimate of drug-likeness (QED) is 0.875. The Morgan fingerprint density at radius 3 is 2.20 bits per heavy atom. The van der Waals surface area contributed by atoms with Gasteiger partial charge >= 0.3 is 6.18 Å². The van der Waals surface area contributed by atoms with Crippen molar-refractivity contribution in [2.45, 2.75) is 6.18 Å². The van der Waals surface area contributed by atoms with E-state index in [4.69, 9.17) is 4.84 Å². The summed E-state index contributed by atoms with van der Waals surface area (Å²) < 4.78 is 38.1. The second-order valence-corrected chi connectivity index (χ2v) is 3.89. The van der Waals surface area contributed by atoms with Gasteiger partial charge in [0.15, 0.2) is 5.75 Å². The fraction of sp³-hybridized carbons (Fsp3) is 0.0714. The van der Waals surface area contributed by atoms with Crippen molar-refractivity contribution in [2.75, 3.05) is 0 Å². The molecular weight excluding hydrogens is 271 g/mol. The van der Waals surface area contributed by atoms with E-state index in [-0.39, 0.29) is 5.56 Å². The maximum Gasteiger partial charge on any atom is 0.420 e. The maximum absolute atomic E-state index is 12.7. The molecule has 0 unspecified atom stereocenters. The molecule has 6 heteroatoms. The van der Waals surface area contributed by atoms with Crippen LogP contribution >= 0.6 is 0 Å². The molecular formula is C14H10F3NO2. The van der Waals surface area contributed by atoms with E-state index in [9.17, 15) is 18.0 Å². The fourth-order valence-corrected chi connectivity index (χ4v) is 1.54. The summed E-state index contributed by atoms with van der Waals surface area (Å²) in [7, 11) is 0. The minimum atomic E-state index is -4.55. The van der Waals surface area contributed by atoms with Gasteiger partial charge in [0.2, 0.25) is 0 Å². The highest BCUT2D eigenvalue weighted by atomic mass is 19.4. The average molecular weight is 281 g/mol. The molecule has 0 aliphatic heterocycles. The molecule has 2 rings (SSSR count). The second kappa shape index (κ2) is 5.64. The van der Waals surface area contributed by atoms with E-state index in [2.05, 4.69) is 0 Å². The number of hydroxylamine groups is 1. The van der Waals surface area contributed by atoms with E-state index in [0.29, 0.717) is 0 Å². The van der Waals surface area contributed by atoms with Crippen molar-refractivity contribution < 1.29 is 22.8 Å². The highest BCUT2D eigenvalue weighted by molar-refractivity contribution is 5.93. The third-order valence-corrected chi connectivity index (χ3v) is 2.48. The minimum Gasteiger partial charge on any atom is -0.379 e. The van der Waals surface area contributed by atoms with E-state index < -0.39 is 23.4 Å². The Balaban J connectivity index is 2.11. The van der Waals surface area contributed by atoms with Gasteiger partial charge in [-0.3, -0.25) is 4.79 Å². The molecule has 104 valence electrons. The standard InChI is InChI=1S/C14H10F3NO2/c15-14(16,17)11-8-4-5-9-12(11)20-18-13(19)10-6-2-1-3-7-10/h1-9H,(H,18,19). The summed E-state index contributed by atoms with van der Waals surface area (Å²) in [4.78, 5) is 16.4. The number of hydrogen-bond acceptors (Lipinski definition) is 2. The summed E-state index contributed by atoms with van der Waals surface area (Å²) in [6.45, 7) is 0. The van der Waals surface area contributed by atoms with Crippen molar-refractivity contribution in [2.24, 2.45) is 0 Å². The lowest BCUT2D eigenvalue weighted by Crippen LogP contribution is -2.28. The fourth-order valence-electron chi connectivity index (χ4n) is 1.54. The molecule has 0 heterocycles. The van der Waals surface area contributed by atoms with Gasteiger partial charge in [-0.05, 0) is 24.3 Å². The van der Waals surface area contributed by atoms with Crippen molar-refractivity contribution in [3.05, 3.63) is 65.7 Å². The summed E-state index contributed by atoms with van der Waals surface area (Å²) in [5, 5.41) is 0. The first-order valence-corrected chi connectivity index (χ1v) is 5.67. The Kier molecular flexibility index (Phi) is 3.93. The molecule has 0 aliphatic rings. The van der Waals surface area contributed by atoms with Gasteiger partial charge in [0.05, 0.1) is 0 Å². The number of carbonyl (C=O) groups excluding carboxylic acids is 1. The Labute approximate surface area is 112 Å². The number of amides is 1. The van der Waals surface area contributed by atoms with E-state index >= 15 is 0 Å². The van der Waals surface area contributed by atoms with Crippen molar-refractivity contribution >= 4 is 5.91 Å². The summed E-state index contributed by atoms with van der Waals surface area (Å²) in [5.74, 6) is -1.08. The van der Waals surface area contributed by atoms with Crippen LogP contribution in [0.5, 0.6) is 5.75 Å². The van der Waals surface area contributed by atoms with Gasteiger partial charge < -0.3 is 4.84 Å². The first-order valence-electron chi connectivity index (χ1n) is 5.67. The Morgan fingerprint density at radius 2 is 1.55 bits per heavy atom. The zero-order valence-corrected chi connectivity index (χ0v) is 10.1. The van der Waals surface area contributed by atoms with Crippen LogP contribution in [-0.2, 0) is 6.18 Å². The first-order chi connectivity index (χ1) is 9.48. The molecule has 0 fully saturated rings. The summed E-state index contributed by atoms with van der Waals surface area (Å²) in [6.07, 6.45) is -4.55. The van der Waals surface area contributed by atoms with Gasteiger partial charge in [-0.1, -0.05) is 30.3 Å². The van der Waals surface area contributed by atoms with Crippen molar-refractivity contribution in [1.82, 2.24) is 5.48 Å². The van der Waals surface area contributed by atoms with Crippen LogP contribution in [0.2, 0.25) is 0 Å². The minimum absolute atomic E-state index is 0.289.